The molecule has 3 aromatic rings. The largest absolute Gasteiger partial charge is 0.442 e. The number of Topliss-reactive ketones (excluding diaryl/α,β-unsaturated/α-hetero) is 1. The Labute approximate surface area is 268 Å². The third-order valence-electron chi connectivity index (χ3n) is 7.52. The number of nitrogens with two attached hydrogens (primary N) is 1. The fourth-order valence-corrected chi connectivity index (χ4v) is 6.13. The molecule has 13 nitrogen and oxygen atoms in total. The number of aromatic nitrogens is 2. The fourth-order valence-electron chi connectivity index (χ4n) is 5.14. The summed E-state index contributed by atoms with van der Waals surface area (Å²) in [6, 6.07) is 9.36. The van der Waals surface area contributed by atoms with E-state index in [0.29, 0.717) is 48.1 Å². The smallest absolute Gasteiger partial charge is 0.414 e. The van der Waals surface area contributed by atoms with Crippen molar-refractivity contribution in [2.45, 2.75) is 44.2 Å². The summed E-state index contributed by atoms with van der Waals surface area (Å²) in [6.07, 6.45) is 3.10. The second kappa shape index (κ2) is 14.8. The van der Waals surface area contributed by atoms with Gasteiger partial charge in [0.2, 0.25) is 5.91 Å². The quantitative estimate of drug-likeness (QED) is 0.263. The van der Waals surface area contributed by atoms with Crippen LogP contribution in [0.3, 0.4) is 0 Å². The van der Waals surface area contributed by atoms with Crippen molar-refractivity contribution in [1.82, 2.24) is 14.9 Å². The second-order valence-corrected chi connectivity index (χ2v) is 12.4. The predicted molar refractivity (Wildman–Crippen MR) is 166 cm³/mol. The first-order valence-electron chi connectivity index (χ1n) is 14.5. The maximum Gasteiger partial charge on any atom is 0.414 e. The number of carbonyl (C=O) groups is 5. The van der Waals surface area contributed by atoms with Gasteiger partial charge in [-0.25, -0.2) is 9.78 Å². The van der Waals surface area contributed by atoms with E-state index in [-0.39, 0.29) is 49.1 Å². The molecule has 0 saturated carbocycles. The Bertz CT molecular complexity index is 1530. The molecule has 2 aliphatic rings. The number of ketones is 1. The van der Waals surface area contributed by atoms with E-state index < -0.39 is 30.1 Å². The van der Waals surface area contributed by atoms with E-state index in [0.717, 1.165) is 21.9 Å². The zero-order valence-electron chi connectivity index (χ0n) is 24.4. The molecule has 45 heavy (non-hydrogen) atoms. The summed E-state index contributed by atoms with van der Waals surface area (Å²) in [5, 5.41) is 0. The molecule has 2 atom stereocenters. The van der Waals surface area contributed by atoms with Crippen LogP contribution in [0.1, 0.15) is 41.0 Å². The molecule has 0 bridgehead atoms. The lowest BCUT2D eigenvalue weighted by molar-refractivity contribution is -0.130. The number of anilines is 2. The SMILES string of the molecule is N[C@@H](Cc1cnc[nH]1)C(=O)CCCCC(=O)N(C[C@H]1CN(c2ccc(N3CCOCC3=O)cc2)C(=O)O1)C(=O)c1ccc(Cl)s1. The molecular formula is C30H33ClN6O7S. The molecule has 3 N–H and O–H groups in total. The standard InChI is InChI=1S/C30H33ClN6O7S/c31-26-10-9-25(45-26)29(41)37(27(39)4-2-1-3-24(38)23(32)13-19-14-33-18-34-19)16-22-15-36(30(42)44-22)21-7-5-20(6-8-21)35-11-12-43-17-28(35)40/h5-10,14,18,22-23H,1-4,11-13,15-17,32H2,(H,33,34)/t22-,23+/m1/s1. The van der Waals surface area contributed by atoms with E-state index in [1.165, 1.54) is 11.2 Å². The number of amides is 4. The first-order chi connectivity index (χ1) is 21.7. The van der Waals surface area contributed by atoms with Crippen LogP contribution in [0.2, 0.25) is 4.34 Å². The summed E-state index contributed by atoms with van der Waals surface area (Å²) in [4.78, 5) is 75.5. The Hall–Kier alpha value is -4.11. The van der Waals surface area contributed by atoms with Crippen molar-refractivity contribution in [2.75, 3.05) is 42.6 Å². The van der Waals surface area contributed by atoms with Crippen LogP contribution in [0.25, 0.3) is 0 Å². The van der Waals surface area contributed by atoms with E-state index in [2.05, 4.69) is 9.97 Å². The molecule has 15 heteroatoms. The Morgan fingerprint density at radius 2 is 1.82 bits per heavy atom. The highest BCUT2D eigenvalue weighted by molar-refractivity contribution is 7.18. The summed E-state index contributed by atoms with van der Waals surface area (Å²) in [5.74, 6) is -1.26. The molecular weight excluding hydrogens is 624 g/mol. The van der Waals surface area contributed by atoms with Crippen LogP contribution < -0.4 is 15.5 Å². The molecule has 0 unspecified atom stereocenters. The summed E-state index contributed by atoms with van der Waals surface area (Å²) >= 11 is 7.10. The number of unbranched alkanes of at least 4 members (excludes halogenated alkanes) is 1. The fraction of sp³-hybridized carbons (Fsp3) is 0.400. The first kappa shape index (κ1) is 32.3. The molecule has 2 aromatic heterocycles. The second-order valence-electron chi connectivity index (χ2n) is 10.7. The van der Waals surface area contributed by atoms with Gasteiger partial charge in [0.05, 0.1) is 41.3 Å². The molecule has 4 amide bonds. The number of nitrogens with one attached hydrogen (secondary N) is 1. The Morgan fingerprint density at radius 1 is 1.09 bits per heavy atom. The van der Waals surface area contributed by atoms with Gasteiger partial charge in [-0.2, -0.15) is 0 Å². The van der Waals surface area contributed by atoms with Crippen molar-refractivity contribution in [3.63, 3.8) is 0 Å². The van der Waals surface area contributed by atoms with E-state index in [1.807, 2.05) is 0 Å². The number of ether oxygens (including phenoxy) is 2. The van der Waals surface area contributed by atoms with Crippen LogP contribution in [-0.2, 0) is 30.3 Å². The summed E-state index contributed by atoms with van der Waals surface area (Å²) in [5.41, 5.74) is 8.02. The number of imide groups is 1. The number of benzene rings is 1. The van der Waals surface area contributed by atoms with E-state index in [1.54, 1.807) is 47.5 Å². The summed E-state index contributed by atoms with van der Waals surface area (Å²) in [6.45, 7) is 0.864. The van der Waals surface area contributed by atoms with Gasteiger partial charge in [-0.05, 0) is 49.2 Å². The maximum absolute atomic E-state index is 13.4. The third-order valence-corrected chi connectivity index (χ3v) is 8.74. The number of thiophene rings is 1. The van der Waals surface area contributed by atoms with Crippen molar-refractivity contribution in [1.29, 1.82) is 0 Å². The van der Waals surface area contributed by atoms with Crippen LogP contribution in [0.4, 0.5) is 16.2 Å². The van der Waals surface area contributed by atoms with Gasteiger partial charge < -0.3 is 25.1 Å². The van der Waals surface area contributed by atoms with Gasteiger partial charge in [0.25, 0.3) is 11.8 Å². The number of aromatic amines is 1. The molecule has 1 aromatic carbocycles. The van der Waals surface area contributed by atoms with Crippen molar-refractivity contribution < 1.29 is 33.4 Å². The minimum absolute atomic E-state index is 0.0139. The van der Waals surface area contributed by atoms with Gasteiger partial charge in [0.15, 0.2) is 0 Å². The number of cyclic esters (lactones) is 1. The zero-order chi connectivity index (χ0) is 31.9. The zero-order valence-corrected chi connectivity index (χ0v) is 25.9. The number of hydrogen-bond acceptors (Lipinski definition) is 10. The Morgan fingerprint density at radius 3 is 2.49 bits per heavy atom. The highest BCUT2D eigenvalue weighted by Crippen LogP contribution is 2.28. The number of halogens is 1. The lowest BCUT2D eigenvalue weighted by atomic mass is 10.0. The van der Waals surface area contributed by atoms with Gasteiger partial charge in [-0.1, -0.05) is 11.6 Å². The van der Waals surface area contributed by atoms with Gasteiger partial charge in [-0.15, -0.1) is 11.3 Å². The van der Waals surface area contributed by atoms with Gasteiger partial charge in [0, 0.05) is 49.1 Å². The average molecular weight is 657 g/mol. The predicted octanol–water partition coefficient (Wildman–Crippen LogP) is 3.18. The molecule has 0 radical (unpaired) electrons. The number of hydrogen-bond donors (Lipinski definition) is 2. The summed E-state index contributed by atoms with van der Waals surface area (Å²) in [7, 11) is 0. The lowest BCUT2D eigenvalue weighted by Crippen LogP contribution is -2.43. The Kier molecular flexibility index (Phi) is 10.6. The highest BCUT2D eigenvalue weighted by atomic mass is 35.5. The van der Waals surface area contributed by atoms with Crippen LogP contribution in [0.15, 0.2) is 48.9 Å². The normalized spacial score (nSPS) is 17.3. The molecule has 0 spiro atoms. The monoisotopic (exact) mass is 656 g/mol. The van der Waals surface area contributed by atoms with E-state index in [9.17, 15) is 24.0 Å². The number of nitrogens with zero attached hydrogens (tertiary/aromatic N) is 4. The number of carbonyl (C=O) groups excluding carboxylic acids is 5. The van der Waals surface area contributed by atoms with E-state index >= 15 is 0 Å². The van der Waals surface area contributed by atoms with Gasteiger partial charge in [-0.3, -0.25) is 29.0 Å². The average Bonchev–Trinajstić information content (AvgIpc) is 3.79. The first-order valence-corrected chi connectivity index (χ1v) is 15.7. The third kappa shape index (κ3) is 8.14. The minimum Gasteiger partial charge on any atom is -0.442 e. The minimum atomic E-state index is -0.775. The molecule has 5 rings (SSSR count). The molecule has 2 saturated heterocycles. The van der Waals surface area contributed by atoms with Crippen LogP contribution in [0, 0.1) is 0 Å². The topological polar surface area (TPSA) is 168 Å². The number of morpholine rings is 1. The van der Waals surface area contributed by atoms with Crippen molar-refractivity contribution in [3.05, 3.63) is 63.8 Å². The Balaban J connectivity index is 1.18. The van der Waals surface area contributed by atoms with Crippen molar-refractivity contribution in [2.24, 2.45) is 5.73 Å². The van der Waals surface area contributed by atoms with Crippen LogP contribution >= 0.6 is 22.9 Å². The highest BCUT2D eigenvalue weighted by Gasteiger charge is 2.36. The van der Waals surface area contributed by atoms with Crippen molar-refractivity contribution in [3.8, 4) is 0 Å². The number of rotatable bonds is 13. The van der Waals surface area contributed by atoms with E-state index in [4.69, 9.17) is 26.8 Å². The molecule has 238 valence electrons. The molecule has 2 fully saturated rings. The number of imidazole rings is 1. The van der Waals surface area contributed by atoms with Crippen molar-refractivity contribution >= 4 is 63.9 Å². The van der Waals surface area contributed by atoms with Crippen LogP contribution in [-0.4, -0.2) is 89.5 Å². The van der Waals surface area contributed by atoms with Gasteiger partial charge >= 0.3 is 6.09 Å². The summed E-state index contributed by atoms with van der Waals surface area (Å²) < 4.78 is 11.1. The molecule has 4 heterocycles. The lowest BCUT2D eigenvalue weighted by Gasteiger charge is -2.27. The van der Waals surface area contributed by atoms with Gasteiger partial charge in [0.1, 0.15) is 18.5 Å². The number of H-pyrrole nitrogens is 1. The molecule has 2 aliphatic heterocycles. The maximum atomic E-state index is 13.4. The molecule has 0 aliphatic carbocycles. The van der Waals surface area contributed by atoms with Crippen LogP contribution in [0.5, 0.6) is 0 Å².